The molecule has 6 nitrogen and oxygen atoms in total. The quantitative estimate of drug-likeness (QED) is 0.392. The van der Waals surface area contributed by atoms with Gasteiger partial charge in [-0.25, -0.2) is 13.1 Å². The van der Waals surface area contributed by atoms with Gasteiger partial charge in [-0.3, -0.25) is 9.36 Å². The van der Waals surface area contributed by atoms with Crippen LogP contribution in [-0.4, -0.2) is 19.6 Å². The van der Waals surface area contributed by atoms with Crippen LogP contribution < -0.4 is 14.3 Å². The van der Waals surface area contributed by atoms with E-state index in [4.69, 9.17) is 16.3 Å². The maximum Gasteiger partial charge on any atom is 0.308 e. The molecule has 0 fully saturated rings. The monoisotopic (exact) mass is 488 g/mol. The van der Waals surface area contributed by atoms with E-state index in [2.05, 4.69) is 4.72 Å². The first-order chi connectivity index (χ1) is 15.4. The number of thiazole rings is 1. The van der Waals surface area contributed by atoms with Crippen molar-refractivity contribution in [3.05, 3.63) is 92.5 Å². The molecule has 32 heavy (non-hydrogen) atoms. The van der Waals surface area contributed by atoms with Gasteiger partial charge in [0, 0.05) is 11.6 Å². The van der Waals surface area contributed by atoms with E-state index in [9.17, 15) is 13.2 Å². The maximum absolute atomic E-state index is 12.8. The van der Waals surface area contributed by atoms with Gasteiger partial charge in [0.25, 0.3) is 0 Å². The number of halogens is 1. The SMILES string of the molecule is CCOc1ccc(CNS(=O)(=O)c2ccc3c(c2)sc(=O)n3Cc2ccccc2Cl)cc1. The van der Waals surface area contributed by atoms with Crippen molar-refractivity contribution in [3.63, 3.8) is 0 Å². The fraction of sp³-hybridized carbons (Fsp3) is 0.174. The molecule has 0 aliphatic heterocycles. The van der Waals surface area contributed by atoms with E-state index in [1.807, 2.05) is 37.3 Å². The van der Waals surface area contributed by atoms with Gasteiger partial charge in [0.1, 0.15) is 5.75 Å². The zero-order chi connectivity index (χ0) is 22.7. The molecule has 0 saturated heterocycles. The van der Waals surface area contributed by atoms with Crippen molar-refractivity contribution in [2.24, 2.45) is 0 Å². The smallest absolute Gasteiger partial charge is 0.308 e. The molecule has 0 spiro atoms. The number of nitrogens with one attached hydrogen (secondary N) is 1. The van der Waals surface area contributed by atoms with E-state index >= 15 is 0 Å². The summed E-state index contributed by atoms with van der Waals surface area (Å²) >= 11 is 7.25. The van der Waals surface area contributed by atoms with E-state index in [1.54, 1.807) is 28.8 Å². The summed E-state index contributed by atoms with van der Waals surface area (Å²) in [6.45, 7) is 2.94. The molecule has 0 aliphatic carbocycles. The molecule has 1 aromatic heterocycles. The molecule has 1 heterocycles. The first-order valence-corrected chi connectivity index (χ1v) is 12.6. The van der Waals surface area contributed by atoms with Crippen LogP contribution in [-0.2, 0) is 23.1 Å². The van der Waals surface area contributed by atoms with Gasteiger partial charge in [0.15, 0.2) is 0 Å². The van der Waals surface area contributed by atoms with Crippen LogP contribution in [0.1, 0.15) is 18.1 Å². The van der Waals surface area contributed by atoms with Crippen LogP contribution in [0.4, 0.5) is 0 Å². The molecule has 4 aromatic rings. The number of benzene rings is 3. The van der Waals surface area contributed by atoms with Crippen molar-refractivity contribution in [2.45, 2.75) is 24.9 Å². The number of nitrogens with zero attached hydrogens (tertiary/aromatic N) is 1. The highest BCUT2D eigenvalue weighted by molar-refractivity contribution is 7.89. The molecule has 166 valence electrons. The Kier molecular flexibility index (Phi) is 6.66. The molecule has 0 radical (unpaired) electrons. The summed E-state index contributed by atoms with van der Waals surface area (Å²) in [6, 6.07) is 19.3. The second-order valence-corrected chi connectivity index (χ2v) is 10.2. The zero-order valence-corrected chi connectivity index (χ0v) is 19.6. The molecular weight excluding hydrogens is 468 g/mol. The standard InChI is InChI=1S/C23H21ClN2O4S2/c1-2-30-18-9-7-16(8-10-18)14-25-32(28,29)19-11-12-21-22(13-19)31-23(27)26(21)15-17-5-3-4-6-20(17)24/h3-13,25H,2,14-15H2,1H3. The van der Waals surface area contributed by atoms with Gasteiger partial charge in [-0.2, -0.15) is 0 Å². The first-order valence-electron chi connectivity index (χ1n) is 9.95. The molecule has 0 aliphatic rings. The Morgan fingerprint density at radius 2 is 1.81 bits per heavy atom. The summed E-state index contributed by atoms with van der Waals surface area (Å²) in [5.74, 6) is 0.737. The van der Waals surface area contributed by atoms with Crippen LogP contribution in [0.5, 0.6) is 5.75 Å². The topological polar surface area (TPSA) is 77.4 Å². The van der Waals surface area contributed by atoms with Crippen molar-refractivity contribution in [2.75, 3.05) is 6.61 Å². The van der Waals surface area contributed by atoms with E-state index < -0.39 is 10.0 Å². The summed E-state index contributed by atoms with van der Waals surface area (Å²) in [5.41, 5.74) is 2.31. The Balaban J connectivity index is 1.55. The molecule has 0 unspecified atom stereocenters. The van der Waals surface area contributed by atoms with Crippen LogP contribution in [0.2, 0.25) is 5.02 Å². The van der Waals surface area contributed by atoms with Crippen LogP contribution in [0.25, 0.3) is 10.2 Å². The van der Waals surface area contributed by atoms with E-state index in [-0.39, 0.29) is 16.3 Å². The number of sulfonamides is 1. The molecule has 4 rings (SSSR count). The molecule has 9 heteroatoms. The van der Waals surface area contributed by atoms with Crippen molar-refractivity contribution in [1.29, 1.82) is 0 Å². The lowest BCUT2D eigenvalue weighted by molar-refractivity contribution is 0.340. The normalized spacial score (nSPS) is 11.7. The minimum absolute atomic E-state index is 0.113. The van der Waals surface area contributed by atoms with Crippen molar-refractivity contribution in [1.82, 2.24) is 9.29 Å². The van der Waals surface area contributed by atoms with Gasteiger partial charge in [-0.05, 0) is 54.4 Å². The molecule has 3 aromatic carbocycles. The Bertz CT molecular complexity index is 1410. The molecule has 0 saturated carbocycles. The lowest BCUT2D eigenvalue weighted by atomic mass is 10.2. The lowest BCUT2D eigenvalue weighted by Gasteiger charge is -2.09. The van der Waals surface area contributed by atoms with Crippen LogP contribution in [0.3, 0.4) is 0 Å². The predicted octanol–water partition coefficient (Wildman–Crippen LogP) is 4.64. The van der Waals surface area contributed by atoms with E-state index in [1.165, 1.54) is 12.1 Å². The summed E-state index contributed by atoms with van der Waals surface area (Å²) in [6.07, 6.45) is 0. The molecular formula is C23H21ClN2O4S2. The summed E-state index contributed by atoms with van der Waals surface area (Å²) in [4.78, 5) is 12.5. The number of hydrogen-bond donors (Lipinski definition) is 1. The minimum Gasteiger partial charge on any atom is -0.494 e. The highest BCUT2D eigenvalue weighted by atomic mass is 35.5. The molecule has 0 amide bonds. The van der Waals surface area contributed by atoms with Crippen molar-refractivity contribution >= 4 is 43.2 Å². The van der Waals surface area contributed by atoms with Crippen molar-refractivity contribution < 1.29 is 13.2 Å². The zero-order valence-electron chi connectivity index (χ0n) is 17.2. The first kappa shape index (κ1) is 22.5. The average molecular weight is 489 g/mol. The third-order valence-corrected chi connectivity index (χ3v) is 7.65. The van der Waals surface area contributed by atoms with Crippen LogP contribution in [0.15, 0.2) is 76.4 Å². The maximum atomic E-state index is 12.8. The van der Waals surface area contributed by atoms with Crippen LogP contribution in [0, 0.1) is 0 Å². The predicted molar refractivity (Wildman–Crippen MR) is 128 cm³/mol. The highest BCUT2D eigenvalue weighted by Crippen LogP contribution is 2.24. The fourth-order valence-corrected chi connectivity index (χ4v) is 5.54. The number of hydrogen-bond acceptors (Lipinski definition) is 5. The Morgan fingerprint density at radius 1 is 1.06 bits per heavy atom. The minimum atomic E-state index is -3.75. The molecule has 0 bridgehead atoms. The van der Waals surface area contributed by atoms with Gasteiger partial charge in [0.05, 0.1) is 28.3 Å². The largest absolute Gasteiger partial charge is 0.494 e. The third kappa shape index (κ3) is 4.88. The summed E-state index contributed by atoms with van der Waals surface area (Å²) < 4.78 is 35.8. The second-order valence-electron chi connectivity index (χ2n) is 7.08. The van der Waals surface area contributed by atoms with Crippen LogP contribution >= 0.6 is 22.9 Å². The van der Waals surface area contributed by atoms with Gasteiger partial charge < -0.3 is 4.74 Å². The number of aromatic nitrogens is 1. The summed E-state index contributed by atoms with van der Waals surface area (Å²) in [5, 5.41) is 0.580. The van der Waals surface area contributed by atoms with Gasteiger partial charge >= 0.3 is 4.87 Å². The Labute approximate surface area is 195 Å². The lowest BCUT2D eigenvalue weighted by Crippen LogP contribution is -2.23. The van der Waals surface area contributed by atoms with E-state index in [0.29, 0.717) is 28.4 Å². The fourth-order valence-electron chi connectivity index (χ4n) is 3.29. The number of rotatable bonds is 8. The van der Waals surface area contributed by atoms with Gasteiger partial charge in [0.2, 0.25) is 10.0 Å². The third-order valence-electron chi connectivity index (χ3n) is 4.94. The summed E-state index contributed by atoms with van der Waals surface area (Å²) in [7, 11) is -3.75. The molecule has 1 N–H and O–H groups in total. The van der Waals surface area contributed by atoms with Gasteiger partial charge in [-0.15, -0.1) is 0 Å². The average Bonchev–Trinajstić information content (AvgIpc) is 3.09. The van der Waals surface area contributed by atoms with Gasteiger partial charge in [-0.1, -0.05) is 53.3 Å². The number of fused-ring (bicyclic) bond motifs is 1. The van der Waals surface area contributed by atoms with E-state index in [0.717, 1.165) is 28.2 Å². The Hall–Kier alpha value is -2.65. The van der Waals surface area contributed by atoms with Crippen molar-refractivity contribution in [3.8, 4) is 5.75 Å². The highest BCUT2D eigenvalue weighted by Gasteiger charge is 2.17. The Morgan fingerprint density at radius 3 is 2.53 bits per heavy atom. The number of ether oxygens (including phenoxy) is 1. The second kappa shape index (κ2) is 9.46. The molecule has 0 atom stereocenters.